The zero-order valence-electron chi connectivity index (χ0n) is 18.7. The zero-order valence-corrected chi connectivity index (χ0v) is 18.7. The van der Waals surface area contributed by atoms with Gasteiger partial charge in [-0.05, 0) is 121 Å². The van der Waals surface area contributed by atoms with Crippen LogP contribution in [0.2, 0.25) is 0 Å². The van der Waals surface area contributed by atoms with Crippen LogP contribution in [0.15, 0.2) is 72.8 Å². The van der Waals surface area contributed by atoms with Gasteiger partial charge in [-0.25, -0.2) is 0 Å². The van der Waals surface area contributed by atoms with Gasteiger partial charge in [0, 0.05) is 0 Å². The molecule has 0 radical (unpaired) electrons. The molecule has 0 atom stereocenters. The van der Waals surface area contributed by atoms with E-state index in [-0.39, 0.29) is 0 Å². The molecule has 0 aromatic heterocycles. The highest BCUT2D eigenvalue weighted by molar-refractivity contribution is 5.68. The minimum Gasteiger partial charge on any atom is -0.508 e. The Morgan fingerprint density at radius 1 is 0.344 bits per heavy atom. The average Bonchev–Trinajstić information content (AvgIpc) is 2.76. The Kier molecular flexibility index (Phi) is 6.74. The van der Waals surface area contributed by atoms with E-state index >= 15 is 0 Å². The summed E-state index contributed by atoms with van der Waals surface area (Å²) in [6.07, 6.45) is 0. The Labute approximate surface area is 188 Å². The molecule has 0 aliphatic heterocycles. The van der Waals surface area contributed by atoms with Crippen molar-refractivity contribution < 1.29 is 20.4 Å². The summed E-state index contributed by atoms with van der Waals surface area (Å²) in [6.45, 7) is 7.47. The third-order valence-corrected chi connectivity index (χ3v) is 5.45. The first kappa shape index (κ1) is 22.8. The molecular formula is C28H28O4. The smallest absolute Gasteiger partial charge is 0.118 e. The number of hydrogen-bond donors (Lipinski definition) is 4. The van der Waals surface area contributed by atoms with Crippen molar-refractivity contribution in [2.24, 2.45) is 0 Å². The lowest BCUT2D eigenvalue weighted by molar-refractivity contribution is 0.470. The van der Waals surface area contributed by atoms with Crippen molar-refractivity contribution in [3.8, 4) is 45.3 Å². The molecule has 0 aliphatic rings. The quantitative estimate of drug-likeness (QED) is 0.284. The maximum atomic E-state index is 9.45. The van der Waals surface area contributed by atoms with Gasteiger partial charge in [0.2, 0.25) is 0 Å². The van der Waals surface area contributed by atoms with Crippen LogP contribution in [0.25, 0.3) is 22.3 Å². The van der Waals surface area contributed by atoms with Crippen LogP contribution in [0.1, 0.15) is 22.3 Å². The van der Waals surface area contributed by atoms with E-state index in [1.807, 2.05) is 76.2 Å². The van der Waals surface area contributed by atoms with Crippen molar-refractivity contribution in [1.29, 1.82) is 0 Å². The molecule has 4 aromatic carbocycles. The zero-order chi connectivity index (χ0) is 23.4. The first-order valence-electron chi connectivity index (χ1n) is 10.3. The molecule has 0 saturated heterocycles. The summed E-state index contributed by atoms with van der Waals surface area (Å²) in [6, 6.07) is 22.0. The van der Waals surface area contributed by atoms with Gasteiger partial charge in [-0.15, -0.1) is 0 Å². The van der Waals surface area contributed by atoms with E-state index < -0.39 is 0 Å². The summed E-state index contributed by atoms with van der Waals surface area (Å²) in [4.78, 5) is 0. The molecule has 0 fully saturated rings. The second-order valence-electron chi connectivity index (χ2n) is 8.01. The Morgan fingerprint density at radius 2 is 0.531 bits per heavy atom. The van der Waals surface area contributed by atoms with E-state index in [4.69, 9.17) is 0 Å². The number of hydrogen-bond acceptors (Lipinski definition) is 4. The Morgan fingerprint density at radius 3 is 0.688 bits per heavy atom. The highest BCUT2D eigenvalue weighted by Crippen LogP contribution is 2.29. The van der Waals surface area contributed by atoms with Gasteiger partial charge in [0.15, 0.2) is 0 Å². The summed E-state index contributed by atoms with van der Waals surface area (Å²) in [7, 11) is 0. The number of rotatable bonds is 2. The highest BCUT2D eigenvalue weighted by Gasteiger charge is 2.04. The van der Waals surface area contributed by atoms with Crippen LogP contribution in [-0.2, 0) is 0 Å². The largest absolute Gasteiger partial charge is 0.508 e. The fourth-order valence-corrected chi connectivity index (χ4v) is 3.34. The number of phenolic OH excluding ortho intramolecular Hbond substituents is 4. The van der Waals surface area contributed by atoms with Gasteiger partial charge >= 0.3 is 0 Å². The van der Waals surface area contributed by atoms with Gasteiger partial charge < -0.3 is 20.4 Å². The van der Waals surface area contributed by atoms with Crippen molar-refractivity contribution in [1.82, 2.24) is 0 Å². The van der Waals surface area contributed by atoms with E-state index in [9.17, 15) is 20.4 Å². The van der Waals surface area contributed by atoms with E-state index in [0.717, 1.165) is 44.5 Å². The van der Waals surface area contributed by atoms with E-state index in [0.29, 0.717) is 23.0 Å². The summed E-state index contributed by atoms with van der Waals surface area (Å²) < 4.78 is 0. The monoisotopic (exact) mass is 428 g/mol. The van der Waals surface area contributed by atoms with E-state index in [2.05, 4.69) is 0 Å². The minimum atomic E-state index is 0.305. The molecule has 0 unspecified atom stereocenters. The summed E-state index contributed by atoms with van der Waals surface area (Å²) in [5.41, 5.74) is 7.56. The molecule has 4 aromatic rings. The van der Waals surface area contributed by atoms with Crippen molar-refractivity contribution in [3.05, 3.63) is 95.1 Å². The maximum absolute atomic E-state index is 9.45. The van der Waals surface area contributed by atoms with Gasteiger partial charge in [-0.2, -0.15) is 0 Å². The number of aryl methyl sites for hydroxylation is 4. The lowest BCUT2D eigenvalue weighted by Gasteiger charge is -2.06. The second-order valence-corrected chi connectivity index (χ2v) is 8.01. The molecule has 4 nitrogen and oxygen atoms in total. The van der Waals surface area contributed by atoms with Crippen LogP contribution < -0.4 is 0 Å². The standard InChI is InChI=1S/2C14H14O2/c2*1-9-7-11(3-5-13(9)15)12-4-6-14(16)10(2)8-12/h2*3-8,15-16H,1-2H3. The minimum absolute atomic E-state index is 0.305. The van der Waals surface area contributed by atoms with Gasteiger partial charge in [0.05, 0.1) is 0 Å². The number of aromatic hydroxyl groups is 4. The molecule has 0 spiro atoms. The van der Waals surface area contributed by atoms with Crippen molar-refractivity contribution in [2.75, 3.05) is 0 Å². The predicted octanol–water partition coefficient (Wildman–Crippen LogP) is 6.76. The topological polar surface area (TPSA) is 80.9 Å². The average molecular weight is 429 g/mol. The van der Waals surface area contributed by atoms with Crippen LogP contribution in [0.4, 0.5) is 0 Å². The number of benzene rings is 4. The first-order chi connectivity index (χ1) is 15.2. The first-order valence-corrected chi connectivity index (χ1v) is 10.3. The summed E-state index contributed by atoms with van der Waals surface area (Å²) in [5, 5.41) is 37.8. The molecule has 4 heteroatoms. The molecule has 4 rings (SSSR count). The number of phenols is 4. The van der Waals surface area contributed by atoms with Crippen LogP contribution in [-0.4, -0.2) is 20.4 Å². The predicted molar refractivity (Wildman–Crippen MR) is 129 cm³/mol. The van der Waals surface area contributed by atoms with Gasteiger partial charge in [0.25, 0.3) is 0 Å². The Bertz CT molecular complexity index is 1060. The molecular weight excluding hydrogens is 400 g/mol. The molecule has 0 amide bonds. The fraction of sp³-hybridized carbons (Fsp3) is 0.143. The van der Waals surface area contributed by atoms with Crippen molar-refractivity contribution in [3.63, 3.8) is 0 Å². The summed E-state index contributed by atoms with van der Waals surface area (Å²) in [5.74, 6) is 1.22. The molecule has 0 aliphatic carbocycles. The van der Waals surface area contributed by atoms with Gasteiger partial charge in [-0.3, -0.25) is 0 Å². The highest BCUT2D eigenvalue weighted by atomic mass is 16.3. The lowest BCUT2D eigenvalue weighted by atomic mass is 10.0. The molecule has 0 saturated carbocycles. The Balaban J connectivity index is 0.000000181. The van der Waals surface area contributed by atoms with E-state index in [1.54, 1.807) is 24.3 Å². The lowest BCUT2D eigenvalue weighted by Crippen LogP contribution is -1.82. The van der Waals surface area contributed by atoms with E-state index in [1.165, 1.54) is 0 Å². The molecule has 0 heterocycles. The normalized spacial score (nSPS) is 10.4. The van der Waals surface area contributed by atoms with Crippen LogP contribution in [0.5, 0.6) is 23.0 Å². The SMILES string of the molecule is Cc1cc(-c2ccc(O)c(C)c2)ccc1O.Cc1cc(-c2ccc(O)c(C)c2)ccc1O. The van der Waals surface area contributed by atoms with Crippen molar-refractivity contribution in [2.45, 2.75) is 27.7 Å². The van der Waals surface area contributed by atoms with Crippen LogP contribution >= 0.6 is 0 Å². The fourth-order valence-electron chi connectivity index (χ4n) is 3.34. The second kappa shape index (κ2) is 9.48. The molecule has 0 bridgehead atoms. The molecule has 32 heavy (non-hydrogen) atoms. The third kappa shape index (κ3) is 5.22. The van der Waals surface area contributed by atoms with Gasteiger partial charge in [0.1, 0.15) is 23.0 Å². The molecule has 164 valence electrons. The van der Waals surface area contributed by atoms with Gasteiger partial charge in [-0.1, -0.05) is 24.3 Å². The van der Waals surface area contributed by atoms with Crippen LogP contribution in [0, 0.1) is 27.7 Å². The Hall–Kier alpha value is -3.92. The maximum Gasteiger partial charge on any atom is 0.118 e. The summed E-state index contributed by atoms with van der Waals surface area (Å²) >= 11 is 0. The third-order valence-electron chi connectivity index (χ3n) is 5.45. The van der Waals surface area contributed by atoms with Crippen LogP contribution in [0.3, 0.4) is 0 Å². The molecule has 4 N–H and O–H groups in total. The van der Waals surface area contributed by atoms with Crippen molar-refractivity contribution >= 4 is 0 Å².